The number of sulfonamides is 1. The standard InChI is InChI=1S/C15H16FN3O2S/c1-22(20,21)19-15-6-9(2-4-12(15)16)14-5-3-10(8-18-14)11-7-13(11)17/h2-6,8,11,13,19H,7,17H2,1H3/t11-,13+/m0/s1. The normalized spacial score (nSPS) is 20.7. The summed E-state index contributed by atoms with van der Waals surface area (Å²) in [6, 6.07) is 8.21. The van der Waals surface area contributed by atoms with Gasteiger partial charge in [0.05, 0.1) is 17.6 Å². The number of nitrogens with one attached hydrogen (secondary N) is 1. The Morgan fingerprint density at radius 3 is 2.59 bits per heavy atom. The van der Waals surface area contributed by atoms with Gasteiger partial charge in [-0.1, -0.05) is 6.07 Å². The van der Waals surface area contributed by atoms with Crippen molar-refractivity contribution in [1.29, 1.82) is 0 Å². The van der Waals surface area contributed by atoms with Crippen LogP contribution in [0.15, 0.2) is 36.5 Å². The van der Waals surface area contributed by atoms with Gasteiger partial charge in [-0.15, -0.1) is 0 Å². The number of hydrogen-bond donors (Lipinski definition) is 2. The number of rotatable bonds is 4. The van der Waals surface area contributed by atoms with Crippen molar-refractivity contribution in [3.8, 4) is 11.3 Å². The molecule has 1 aromatic carbocycles. The summed E-state index contributed by atoms with van der Waals surface area (Å²) in [6.07, 6.45) is 3.71. The monoisotopic (exact) mass is 321 g/mol. The van der Waals surface area contributed by atoms with E-state index in [-0.39, 0.29) is 11.7 Å². The Bertz CT molecular complexity index is 806. The average Bonchev–Trinajstić information content (AvgIpc) is 3.17. The van der Waals surface area contributed by atoms with Crippen LogP contribution in [-0.4, -0.2) is 25.7 Å². The van der Waals surface area contributed by atoms with Crippen molar-refractivity contribution in [3.05, 3.63) is 47.9 Å². The Hall–Kier alpha value is -1.99. The van der Waals surface area contributed by atoms with Gasteiger partial charge in [-0.25, -0.2) is 12.8 Å². The third kappa shape index (κ3) is 3.26. The van der Waals surface area contributed by atoms with Crippen molar-refractivity contribution >= 4 is 15.7 Å². The van der Waals surface area contributed by atoms with Crippen molar-refractivity contribution in [3.63, 3.8) is 0 Å². The quantitative estimate of drug-likeness (QED) is 0.903. The van der Waals surface area contributed by atoms with E-state index in [0.717, 1.165) is 18.2 Å². The molecule has 0 bridgehead atoms. The van der Waals surface area contributed by atoms with Crippen LogP contribution >= 0.6 is 0 Å². The molecule has 1 aliphatic rings. The van der Waals surface area contributed by atoms with Crippen LogP contribution in [0.25, 0.3) is 11.3 Å². The van der Waals surface area contributed by atoms with Crippen LogP contribution in [0, 0.1) is 5.82 Å². The van der Waals surface area contributed by atoms with Crippen molar-refractivity contribution in [2.45, 2.75) is 18.4 Å². The molecule has 0 radical (unpaired) electrons. The third-order valence-corrected chi connectivity index (χ3v) is 4.20. The van der Waals surface area contributed by atoms with Gasteiger partial charge in [-0.3, -0.25) is 9.71 Å². The van der Waals surface area contributed by atoms with Gasteiger partial charge in [0.15, 0.2) is 0 Å². The Morgan fingerprint density at radius 2 is 2.05 bits per heavy atom. The van der Waals surface area contributed by atoms with Crippen LogP contribution < -0.4 is 10.5 Å². The second-order valence-corrected chi connectivity index (χ2v) is 7.30. The summed E-state index contributed by atoms with van der Waals surface area (Å²) in [5, 5.41) is 0. The molecule has 1 aromatic heterocycles. The number of benzene rings is 1. The second-order valence-electron chi connectivity index (χ2n) is 5.55. The molecule has 0 amide bonds. The summed E-state index contributed by atoms with van der Waals surface area (Å²) in [4.78, 5) is 4.36. The maximum atomic E-state index is 13.7. The van der Waals surface area contributed by atoms with Gasteiger partial charge in [0.25, 0.3) is 0 Å². The maximum absolute atomic E-state index is 13.7. The molecule has 7 heteroatoms. The summed E-state index contributed by atoms with van der Waals surface area (Å²) in [6.45, 7) is 0. The predicted molar refractivity (Wildman–Crippen MR) is 83.4 cm³/mol. The summed E-state index contributed by atoms with van der Waals surface area (Å²) >= 11 is 0. The minimum atomic E-state index is -3.54. The lowest BCUT2D eigenvalue weighted by Crippen LogP contribution is -2.11. The molecule has 3 rings (SSSR count). The Morgan fingerprint density at radius 1 is 1.32 bits per heavy atom. The van der Waals surface area contributed by atoms with Crippen LogP contribution in [0.1, 0.15) is 17.9 Å². The van der Waals surface area contributed by atoms with E-state index in [0.29, 0.717) is 17.2 Å². The molecule has 3 N–H and O–H groups in total. The first kappa shape index (κ1) is 14.9. The van der Waals surface area contributed by atoms with Gasteiger partial charge in [-0.05, 0) is 36.2 Å². The molecule has 1 heterocycles. The van der Waals surface area contributed by atoms with Crippen molar-refractivity contribution in [1.82, 2.24) is 4.98 Å². The highest BCUT2D eigenvalue weighted by Gasteiger charge is 2.34. The minimum absolute atomic E-state index is 0.0879. The molecule has 0 unspecified atom stereocenters. The van der Waals surface area contributed by atoms with E-state index in [1.54, 1.807) is 12.3 Å². The third-order valence-electron chi connectivity index (χ3n) is 3.61. The van der Waals surface area contributed by atoms with E-state index in [2.05, 4.69) is 9.71 Å². The van der Waals surface area contributed by atoms with E-state index in [1.807, 2.05) is 12.1 Å². The van der Waals surface area contributed by atoms with Crippen LogP contribution in [0.3, 0.4) is 0 Å². The SMILES string of the molecule is CS(=O)(=O)Nc1cc(-c2ccc([C@@H]3C[C@H]3N)cn2)ccc1F. The van der Waals surface area contributed by atoms with E-state index >= 15 is 0 Å². The molecular weight excluding hydrogens is 305 g/mol. The Labute approximate surface area is 128 Å². The molecule has 22 heavy (non-hydrogen) atoms. The molecule has 0 aliphatic heterocycles. The van der Waals surface area contributed by atoms with Gasteiger partial charge in [0.2, 0.25) is 10.0 Å². The molecule has 0 saturated heterocycles. The number of hydrogen-bond acceptors (Lipinski definition) is 4. The van der Waals surface area contributed by atoms with Gasteiger partial charge < -0.3 is 5.73 Å². The highest BCUT2D eigenvalue weighted by atomic mass is 32.2. The van der Waals surface area contributed by atoms with Gasteiger partial charge in [-0.2, -0.15) is 0 Å². The lowest BCUT2D eigenvalue weighted by atomic mass is 10.1. The van der Waals surface area contributed by atoms with E-state index in [9.17, 15) is 12.8 Å². The number of nitrogens with zero attached hydrogens (tertiary/aromatic N) is 1. The largest absolute Gasteiger partial charge is 0.327 e. The summed E-state index contributed by atoms with van der Waals surface area (Å²) in [7, 11) is -3.54. The number of pyridine rings is 1. The number of anilines is 1. The molecule has 1 aliphatic carbocycles. The fraction of sp³-hybridized carbons (Fsp3) is 0.267. The summed E-state index contributed by atoms with van der Waals surface area (Å²) < 4.78 is 38.3. The average molecular weight is 321 g/mol. The van der Waals surface area contributed by atoms with Gasteiger partial charge in [0, 0.05) is 23.7 Å². The van der Waals surface area contributed by atoms with Crippen LogP contribution in [-0.2, 0) is 10.0 Å². The molecule has 5 nitrogen and oxygen atoms in total. The highest BCUT2D eigenvalue weighted by molar-refractivity contribution is 7.92. The molecule has 0 spiro atoms. The Balaban J connectivity index is 1.89. The zero-order valence-corrected chi connectivity index (χ0v) is 12.8. The molecule has 2 atom stereocenters. The molecule has 1 saturated carbocycles. The molecule has 116 valence electrons. The lowest BCUT2D eigenvalue weighted by molar-refractivity contribution is 0.604. The minimum Gasteiger partial charge on any atom is -0.327 e. The lowest BCUT2D eigenvalue weighted by Gasteiger charge is -2.08. The molecular formula is C15H16FN3O2S. The number of aromatic nitrogens is 1. The van der Waals surface area contributed by atoms with Gasteiger partial charge in [0.1, 0.15) is 5.82 Å². The number of halogens is 1. The zero-order chi connectivity index (χ0) is 15.9. The van der Waals surface area contributed by atoms with E-state index in [4.69, 9.17) is 5.73 Å². The first-order valence-electron chi connectivity index (χ1n) is 6.83. The topological polar surface area (TPSA) is 85.1 Å². The van der Waals surface area contributed by atoms with Gasteiger partial charge >= 0.3 is 0 Å². The maximum Gasteiger partial charge on any atom is 0.229 e. The van der Waals surface area contributed by atoms with Crippen molar-refractivity contribution in [2.75, 3.05) is 11.0 Å². The smallest absolute Gasteiger partial charge is 0.229 e. The fourth-order valence-electron chi connectivity index (χ4n) is 2.36. The van der Waals surface area contributed by atoms with Crippen LogP contribution in [0.2, 0.25) is 0 Å². The first-order chi connectivity index (χ1) is 10.3. The second kappa shape index (κ2) is 5.33. The number of nitrogens with two attached hydrogens (primary N) is 1. The van der Waals surface area contributed by atoms with Crippen molar-refractivity contribution < 1.29 is 12.8 Å². The summed E-state index contributed by atoms with van der Waals surface area (Å²) in [5.41, 5.74) is 8.10. The van der Waals surface area contributed by atoms with Crippen LogP contribution in [0.5, 0.6) is 0 Å². The first-order valence-corrected chi connectivity index (χ1v) is 8.72. The van der Waals surface area contributed by atoms with Crippen LogP contribution in [0.4, 0.5) is 10.1 Å². The van der Waals surface area contributed by atoms with E-state index in [1.165, 1.54) is 12.1 Å². The summed E-state index contributed by atoms with van der Waals surface area (Å²) in [5.74, 6) is -0.257. The predicted octanol–water partition coefficient (Wildman–Crippen LogP) is 2.07. The molecule has 1 fully saturated rings. The van der Waals surface area contributed by atoms with Crippen molar-refractivity contribution in [2.24, 2.45) is 5.73 Å². The fourth-order valence-corrected chi connectivity index (χ4v) is 2.91. The Kier molecular flexibility index (Phi) is 3.62. The highest BCUT2D eigenvalue weighted by Crippen LogP contribution is 2.39. The molecule has 2 aromatic rings. The zero-order valence-electron chi connectivity index (χ0n) is 12.0. The van der Waals surface area contributed by atoms with E-state index < -0.39 is 15.8 Å².